The van der Waals surface area contributed by atoms with Crippen molar-refractivity contribution in [3.05, 3.63) is 81.3 Å². The van der Waals surface area contributed by atoms with E-state index in [0.717, 1.165) is 32.3 Å². The molecule has 11 nitrogen and oxygen atoms in total. The van der Waals surface area contributed by atoms with Gasteiger partial charge in [-0.2, -0.15) is 0 Å². The van der Waals surface area contributed by atoms with Crippen LogP contribution in [0.15, 0.2) is 65.1 Å². The Morgan fingerprint density at radius 3 is 1.98 bits per heavy atom. The third-order valence-corrected chi connectivity index (χ3v) is 8.87. The van der Waals surface area contributed by atoms with Gasteiger partial charge in [-0.1, -0.05) is 60.1 Å². The molecule has 48 heavy (non-hydrogen) atoms. The summed E-state index contributed by atoms with van der Waals surface area (Å²) >= 11 is 10.8. The molecule has 2 aromatic heterocycles. The molecule has 13 heteroatoms. The summed E-state index contributed by atoms with van der Waals surface area (Å²) in [7, 11) is 3.06. The number of carboxylic acid groups (broad SMARTS) is 2. The smallest absolute Gasteiger partial charge is 0.306 e. The first-order valence-corrected chi connectivity index (χ1v) is 16.4. The molecule has 4 aromatic rings. The summed E-state index contributed by atoms with van der Waals surface area (Å²) in [6.45, 7) is 0.435. The lowest BCUT2D eigenvalue weighted by Crippen LogP contribution is -2.28. The molecule has 0 aliphatic heterocycles. The van der Waals surface area contributed by atoms with Gasteiger partial charge in [0, 0.05) is 45.4 Å². The van der Waals surface area contributed by atoms with E-state index in [1.54, 1.807) is 0 Å². The third kappa shape index (κ3) is 9.51. The first-order valence-electron chi connectivity index (χ1n) is 15.2. The molecule has 0 fully saturated rings. The second kappa shape index (κ2) is 17.4. The van der Waals surface area contributed by atoms with E-state index in [1.807, 2.05) is 60.7 Å². The van der Waals surface area contributed by atoms with Crippen LogP contribution in [0, 0.1) is 0 Å². The van der Waals surface area contributed by atoms with Crippen LogP contribution in [0.3, 0.4) is 0 Å². The average Bonchev–Trinajstić information content (AvgIpc) is 3.05. The van der Waals surface area contributed by atoms with Crippen molar-refractivity contribution in [2.75, 3.05) is 20.8 Å². The van der Waals surface area contributed by atoms with Crippen LogP contribution < -0.4 is 14.8 Å². The number of benzene rings is 2. The van der Waals surface area contributed by atoms with E-state index in [-0.39, 0.29) is 19.4 Å². The van der Waals surface area contributed by atoms with E-state index in [0.29, 0.717) is 59.5 Å². The van der Waals surface area contributed by atoms with Crippen molar-refractivity contribution < 1.29 is 39.5 Å². The summed E-state index contributed by atoms with van der Waals surface area (Å²) < 4.78 is 11.9. The van der Waals surface area contributed by atoms with Crippen molar-refractivity contribution in [2.45, 2.75) is 50.9 Å². The maximum atomic E-state index is 10.8. The highest BCUT2D eigenvalue weighted by atomic mass is 79.9. The van der Waals surface area contributed by atoms with Crippen LogP contribution in [0.2, 0.25) is 5.02 Å². The van der Waals surface area contributed by atoms with E-state index in [9.17, 15) is 19.8 Å². The molecule has 0 amide bonds. The molecule has 2 aromatic carbocycles. The fraction of sp³-hybridized carbons (Fsp3) is 0.314. The van der Waals surface area contributed by atoms with E-state index in [1.165, 1.54) is 14.2 Å². The number of pyridine rings is 2. The molecule has 2 heterocycles. The summed E-state index contributed by atoms with van der Waals surface area (Å²) in [5, 5.41) is 41.0. The minimum absolute atomic E-state index is 0.109. The lowest BCUT2D eigenvalue weighted by atomic mass is 9.98. The van der Waals surface area contributed by atoms with Gasteiger partial charge in [-0.15, -0.1) is 0 Å². The highest BCUT2D eigenvalue weighted by Gasteiger charge is 2.19. The minimum Gasteiger partial charge on any atom is -0.481 e. The number of carbonyl (C=O) groups is 2. The summed E-state index contributed by atoms with van der Waals surface area (Å²) in [4.78, 5) is 31.1. The van der Waals surface area contributed by atoms with Crippen molar-refractivity contribution in [2.24, 2.45) is 0 Å². The third-order valence-electron chi connectivity index (χ3n) is 7.60. The Kier molecular flexibility index (Phi) is 13.3. The first-order chi connectivity index (χ1) is 23.0. The fourth-order valence-electron chi connectivity index (χ4n) is 5.27. The van der Waals surface area contributed by atoms with Crippen LogP contribution in [0.5, 0.6) is 11.8 Å². The Balaban J connectivity index is 1.57. The number of hydrogen-bond donors (Lipinski definition) is 5. The van der Waals surface area contributed by atoms with Crippen LogP contribution in [0.1, 0.15) is 36.8 Å². The van der Waals surface area contributed by atoms with Gasteiger partial charge in [-0.25, -0.2) is 9.97 Å². The highest BCUT2D eigenvalue weighted by molar-refractivity contribution is 9.10. The van der Waals surface area contributed by atoms with Gasteiger partial charge in [0.2, 0.25) is 11.8 Å². The van der Waals surface area contributed by atoms with Crippen LogP contribution >= 0.6 is 27.5 Å². The number of hydrogen-bond acceptors (Lipinski definition) is 9. The predicted octanol–water partition coefficient (Wildman–Crippen LogP) is 5.99. The van der Waals surface area contributed by atoms with Crippen molar-refractivity contribution in [3.8, 4) is 45.4 Å². The summed E-state index contributed by atoms with van der Waals surface area (Å²) in [5.41, 5.74) is 5.98. The Morgan fingerprint density at radius 1 is 0.792 bits per heavy atom. The Bertz CT molecular complexity index is 1630. The number of aryl methyl sites for hydroxylation is 1. The van der Waals surface area contributed by atoms with Crippen LogP contribution in [-0.2, 0) is 22.6 Å². The molecular formula is C35H37BrClN3O8. The number of methoxy groups -OCH3 is 2. The lowest BCUT2D eigenvalue weighted by Gasteiger charge is -2.16. The van der Waals surface area contributed by atoms with Gasteiger partial charge in [-0.05, 0) is 52.9 Å². The number of nitrogens with one attached hydrogen (secondary N) is 1. The standard InChI is InChI=1S/C35H37BrClN3O8/c1-47-34-20(6-3-7-22(41)16-30(43)44)12-14-29(40-34)27-11-5-9-25(33(27)37)24-8-4-10-26(32(24)36)28-15-13-21(35(39-28)48-2)18-38-19-23(42)17-31(45)46/h4-5,8-15,22-23,38,41-42H,3,6-7,16-19H2,1-2H3,(H,43,44)(H,45,46)/t22-,23+/m1/s1. The lowest BCUT2D eigenvalue weighted by molar-refractivity contribution is -0.140. The van der Waals surface area contributed by atoms with Gasteiger partial charge in [0.25, 0.3) is 0 Å². The first kappa shape index (κ1) is 36.8. The fourth-order valence-corrected chi connectivity index (χ4v) is 6.28. The van der Waals surface area contributed by atoms with Gasteiger partial charge in [0.15, 0.2) is 0 Å². The number of aliphatic hydroxyl groups is 2. The van der Waals surface area contributed by atoms with Gasteiger partial charge < -0.3 is 35.2 Å². The maximum Gasteiger partial charge on any atom is 0.306 e. The van der Waals surface area contributed by atoms with Crippen LogP contribution in [0.4, 0.5) is 0 Å². The van der Waals surface area contributed by atoms with Crippen LogP contribution in [-0.4, -0.2) is 75.3 Å². The summed E-state index contributed by atoms with van der Waals surface area (Å²) in [6, 6.07) is 19.0. The van der Waals surface area contributed by atoms with Crippen molar-refractivity contribution in [3.63, 3.8) is 0 Å². The minimum atomic E-state index is -1.07. The van der Waals surface area contributed by atoms with E-state index in [2.05, 4.69) is 21.2 Å². The second-order valence-corrected chi connectivity index (χ2v) is 12.3. The topological polar surface area (TPSA) is 171 Å². The molecule has 5 N–H and O–H groups in total. The highest BCUT2D eigenvalue weighted by Crippen LogP contribution is 2.42. The van der Waals surface area contributed by atoms with E-state index < -0.39 is 24.1 Å². The quantitative estimate of drug-likeness (QED) is 0.0861. The van der Waals surface area contributed by atoms with Gasteiger partial charge in [0.1, 0.15) is 0 Å². The molecular weight excluding hydrogens is 706 g/mol. The molecule has 0 spiro atoms. The molecule has 0 saturated carbocycles. The number of rotatable bonds is 17. The predicted molar refractivity (Wildman–Crippen MR) is 185 cm³/mol. The zero-order valence-corrected chi connectivity index (χ0v) is 28.8. The zero-order valence-electron chi connectivity index (χ0n) is 26.5. The van der Waals surface area contributed by atoms with Gasteiger partial charge in [-0.3, -0.25) is 9.59 Å². The van der Waals surface area contributed by atoms with E-state index in [4.69, 9.17) is 41.3 Å². The monoisotopic (exact) mass is 741 g/mol. The molecule has 4 rings (SSSR count). The number of nitrogens with zero attached hydrogens (tertiary/aromatic N) is 2. The molecule has 254 valence electrons. The Morgan fingerprint density at radius 2 is 1.33 bits per heavy atom. The molecule has 0 saturated heterocycles. The Labute approximate surface area is 291 Å². The molecule has 0 radical (unpaired) electrons. The number of aliphatic hydroxyl groups excluding tert-OH is 2. The maximum absolute atomic E-state index is 10.8. The Hall–Kier alpha value is -4.07. The normalized spacial score (nSPS) is 12.4. The largest absolute Gasteiger partial charge is 0.481 e. The summed E-state index contributed by atoms with van der Waals surface area (Å²) in [6.07, 6.45) is -1.06. The number of aliphatic carboxylic acids is 2. The van der Waals surface area contributed by atoms with Gasteiger partial charge in [0.05, 0.1) is 55.7 Å². The number of ether oxygens (including phenoxy) is 2. The van der Waals surface area contributed by atoms with Crippen molar-refractivity contribution in [1.82, 2.24) is 15.3 Å². The van der Waals surface area contributed by atoms with Crippen LogP contribution in [0.25, 0.3) is 33.6 Å². The SMILES string of the molecule is COc1nc(-c2cccc(-c3cccc(-c4ccc(CNC[C@@H](O)CC(=O)O)c(OC)n4)c3Br)c2Cl)ccc1CCC[C@@H](O)CC(=O)O. The molecule has 0 unspecified atom stereocenters. The number of aromatic nitrogens is 2. The number of carboxylic acids is 2. The molecule has 2 atom stereocenters. The zero-order chi connectivity index (χ0) is 34.8. The molecule has 0 aliphatic rings. The van der Waals surface area contributed by atoms with Crippen molar-refractivity contribution >= 4 is 39.5 Å². The summed E-state index contributed by atoms with van der Waals surface area (Å²) in [5.74, 6) is -1.28. The molecule has 0 bridgehead atoms. The average molecular weight is 743 g/mol. The van der Waals surface area contributed by atoms with Gasteiger partial charge >= 0.3 is 11.9 Å². The molecule has 0 aliphatic carbocycles. The van der Waals surface area contributed by atoms with Crippen molar-refractivity contribution in [1.29, 1.82) is 0 Å². The number of halogens is 2. The second-order valence-electron chi connectivity index (χ2n) is 11.1. The van der Waals surface area contributed by atoms with E-state index >= 15 is 0 Å².